The number of nitrogens with zero attached hydrogens (tertiary/aromatic N) is 1. The lowest BCUT2D eigenvalue weighted by Gasteiger charge is -2.09. The largest absolute Gasteiger partial charge is 0.350 e. The minimum atomic E-state index is -0.0640. The van der Waals surface area contributed by atoms with E-state index in [-0.39, 0.29) is 11.8 Å². The molecule has 0 saturated heterocycles. The van der Waals surface area contributed by atoms with Crippen LogP contribution in [0.5, 0.6) is 0 Å². The number of anilines is 1. The van der Waals surface area contributed by atoms with Gasteiger partial charge in [-0.3, -0.25) is 9.59 Å². The fourth-order valence-electron chi connectivity index (χ4n) is 4.40. The SMILES string of the molecule is Cc1cc(C)cc(NC(=O)CSc2cn(CCNC(=O)c3cc(C)cc(C)c3)c3ccccc23)c1. The molecule has 0 fully saturated rings. The molecule has 0 aliphatic rings. The molecule has 0 spiro atoms. The highest BCUT2D eigenvalue weighted by molar-refractivity contribution is 8.00. The summed E-state index contributed by atoms with van der Waals surface area (Å²) >= 11 is 1.53. The lowest BCUT2D eigenvalue weighted by Crippen LogP contribution is -2.27. The van der Waals surface area contributed by atoms with Gasteiger partial charge in [0.15, 0.2) is 0 Å². The zero-order valence-electron chi connectivity index (χ0n) is 20.6. The van der Waals surface area contributed by atoms with Crippen LogP contribution in [0, 0.1) is 27.7 Å². The number of carbonyl (C=O) groups is 2. The Hall–Kier alpha value is -3.51. The van der Waals surface area contributed by atoms with Crippen LogP contribution in [-0.2, 0) is 11.3 Å². The molecule has 180 valence electrons. The van der Waals surface area contributed by atoms with Gasteiger partial charge < -0.3 is 15.2 Å². The van der Waals surface area contributed by atoms with Crippen molar-refractivity contribution in [3.8, 4) is 0 Å². The number of carbonyl (C=O) groups excluding carboxylic acids is 2. The van der Waals surface area contributed by atoms with Gasteiger partial charge in [-0.15, -0.1) is 11.8 Å². The third-order valence-electron chi connectivity index (χ3n) is 5.74. The molecule has 35 heavy (non-hydrogen) atoms. The van der Waals surface area contributed by atoms with E-state index in [9.17, 15) is 9.59 Å². The normalized spacial score (nSPS) is 11.0. The molecular formula is C29H31N3O2S. The van der Waals surface area contributed by atoms with Crippen LogP contribution in [0.4, 0.5) is 5.69 Å². The maximum absolute atomic E-state index is 12.6. The van der Waals surface area contributed by atoms with Crippen molar-refractivity contribution in [2.24, 2.45) is 0 Å². The van der Waals surface area contributed by atoms with Gasteiger partial charge in [0.2, 0.25) is 5.91 Å². The third kappa shape index (κ3) is 6.34. The lowest BCUT2D eigenvalue weighted by molar-refractivity contribution is -0.113. The number of hydrogen-bond donors (Lipinski definition) is 2. The summed E-state index contributed by atoms with van der Waals surface area (Å²) in [6.45, 7) is 9.20. The predicted octanol–water partition coefficient (Wildman–Crippen LogP) is 6.04. The second-order valence-electron chi connectivity index (χ2n) is 9.05. The molecule has 1 heterocycles. The average molecular weight is 486 g/mol. The second kappa shape index (κ2) is 10.8. The molecule has 6 heteroatoms. The Morgan fingerprint density at radius 2 is 1.49 bits per heavy atom. The van der Waals surface area contributed by atoms with E-state index in [4.69, 9.17) is 0 Å². The summed E-state index contributed by atoms with van der Waals surface area (Å²) in [5.74, 6) is 0.230. The molecule has 2 amide bonds. The van der Waals surface area contributed by atoms with Crippen molar-refractivity contribution in [3.05, 3.63) is 94.7 Å². The first kappa shape index (κ1) is 24.6. The van der Waals surface area contributed by atoms with Crippen LogP contribution in [-0.4, -0.2) is 28.7 Å². The van der Waals surface area contributed by atoms with Crippen LogP contribution >= 0.6 is 11.8 Å². The van der Waals surface area contributed by atoms with Crippen LogP contribution in [0.2, 0.25) is 0 Å². The molecule has 0 aliphatic heterocycles. The standard InChI is InChI=1S/C29H31N3O2S/c1-19-11-20(2)14-23(13-19)29(34)30-9-10-32-17-27(25-7-5-6-8-26(25)32)35-18-28(33)31-24-15-21(3)12-22(4)16-24/h5-8,11-17H,9-10,18H2,1-4H3,(H,30,34)(H,31,33). The highest BCUT2D eigenvalue weighted by Gasteiger charge is 2.12. The van der Waals surface area contributed by atoms with Crippen LogP contribution in [0.3, 0.4) is 0 Å². The van der Waals surface area contributed by atoms with Crippen LogP contribution in [0.25, 0.3) is 10.9 Å². The van der Waals surface area contributed by atoms with Gasteiger partial charge in [0.05, 0.1) is 5.75 Å². The first-order valence-electron chi connectivity index (χ1n) is 11.7. The molecule has 0 unspecified atom stereocenters. The van der Waals surface area contributed by atoms with Gasteiger partial charge in [0, 0.05) is 46.3 Å². The molecule has 4 rings (SSSR count). The Balaban J connectivity index is 1.39. The number of para-hydroxylation sites is 1. The molecule has 0 aliphatic carbocycles. The monoisotopic (exact) mass is 485 g/mol. The first-order valence-corrected chi connectivity index (χ1v) is 12.7. The zero-order valence-corrected chi connectivity index (χ0v) is 21.5. The van der Waals surface area contributed by atoms with Gasteiger partial charge >= 0.3 is 0 Å². The van der Waals surface area contributed by atoms with Crippen molar-refractivity contribution in [2.75, 3.05) is 17.6 Å². The van der Waals surface area contributed by atoms with E-state index < -0.39 is 0 Å². The maximum atomic E-state index is 12.6. The second-order valence-corrected chi connectivity index (χ2v) is 10.1. The van der Waals surface area contributed by atoms with Crippen molar-refractivity contribution in [1.29, 1.82) is 0 Å². The number of rotatable bonds is 8. The Labute approximate surface area is 210 Å². The van der Waals surface area contributed by atoms with Gasteiger partial charge in [0.25, 0.3) is 5.91 Å². The van der Waals surface area contributed by atoms with Crippen LogP contribution in [0.15, 0.2) is 71.8 Å². The third-order valence-corrected chi connectivity index (χ3v) is 6.78. The first-order chi connectivity index (χ1) is 16.8. The molecule has 0 radical (unpaired) electrons. The Morgan fingerprint density at radius 1 is 0.857 bits per heavy atom. The lowest BCUT2D eigenvalue weighted by atomic mass is 10.1. The van der Waals surface area contributed by atoms with Gasteiger partial charge in [-0.1, -0.05) is 41.5 Å². The van der Waals surface area contributed by atoms with E-state index in [2.05, 4.69) is 45.7 Å². The molecule has 1 aromatic heterocycles. The van der Waals surface area contributed by atoms with Crippen LogP contribution < -0.4 is 10.6 Å². The minimum Gasteiger partial charge on any atom is -0.350 e. The van der Waals surface area contributed by atoms with E-state index in [1.54, 1.807) is 0 Å². The quantitative estimate of drug-likeness (QED) is 0.299. The number of fused-ring (bicyclic) bond motifs is 1. The van der Waals surface area contributed by atoms with Crippen molar-refractivity contribution >= 4 is 40.2 Å². The summed E-state index contributed by atoms with van der Waals surface area (Å²) < 4.78 is 2.14. The van der Waals surface area contributed by atoms with Crippen molar-refractivity contribution in [3.63, 3.8) is 0 Å². The van der Waals surface area contributed by atoms with E-state index >= 15 is 0 Å². The summed E-state index contributed by atoms with van der Waals surface area (Å²) in [5, 5.41) is 7.15. The van der Waals surface area contributed by atoms with Crippen molar-refractivity contribution in [2.45, 2.75) is 39.1 Å². The zero-order chi connectivity index (χ0) is 24.9. The van der Waals surface area contributed by atoms with E-state index in [0.29, 0.717) is 24.4 Å². The van der Waals surface area contributed by atoms with Crippen molar-refractivity contribution in [1.82, 2.24) is 9.88 Å². The number of benzene rings is 3. The highest BCUT2D eigenvalue weighted by atomic mass is 32.2. The number of aryl methyl sites for hydroxylation is 4. The van der Waals surface area contributed by atoms with Crippen molar-refractivity contribution < 1.29 is 9.59 Å². The molecule has 0 atom stereocenters. The van der Waals surface area contributed by atoms with Crippen LogP contribution in [0.1, 0.15) is 32.6 Å². The molecule has 3 aromatic carbocycles. The summed E-state index contributed by atoms with van der Waals surface area (Å²) in [6, 6.07) is 20.1. The maximum Gasteiger partial charge on any atom is 0.251 e. The summed E-state index contributed by atoms with van der Waals surface area (Å²) in [5.41, 5.74) is 7.01. The smallest absolute Gasteiger partial charge is 0.251 e. The van der Waals surface area contributed by atoms with Gasteiger partial charge in [-0.2, -0.15) is 0 Å². The predicted molar refractivity (Wildman–Crippen MR) is 145 cm³/mol. The summed E-state index contributed by atoms with van der Waals surface area (Å²) in [6.07, 6.45) is 2.07. The Bertz CT molecular complexity index is 1350. The number of hydrogen-bond acceptors (Lipinski definition) is 3. The number of amides is 2. The van der Waals surface area contributed by atoms with E-state index in [0.717, 1.165) is 43.7 Å². The fourth-order valence-corrected chi connectivity index (χ4v) is 5.29. The highest BCUT2D eigenvalue weighted by Crippen LogP contribution is 2.30. The number of aromatic nitrogens is 1. The Morgan fingerprint density at radius 3 is 2.17 bits per heavy atom. The molecule has 2 N–H and O–H groups in total. The minimum absolute atomic E-state index is 0.0301. The topological polar surface area (TPSA) is 63.1 Å². The number of nitrogens with one attached hydrogen (secondary N) is 2. The molecule has 5 nitrogen and oxygen atoms in total. The average Bonchev–Trinajstić information content (AvgIpc) is 3.14. The fraction of sp³-hybridized carbons (Fsp3) is 0.241. The van der Waals surface area contributed by atoms with E-state index in [1.807, 2.05) is 64.1 Å². The number of thioether (sulfide) groups is 1. The van der Waals surface area contributed by atoms with E-state index in [1.165, 1.54) is 11.8 Å². The Kier molecular flexibility index (Phi) is 7.61. The van der Waals surface area contributed by atoms with Gasteiger partial charge in [-0.25, -0.2) is 0 Å². The van der Waals surface area contributed by atoms with Gasteiger partial charge in [-0.05, 0) is 69.2 Å². The molecule has 0 saturated carbocycles. The summed E-state index contributed by atoms with van der Waals surface area (Å²) in [7, 11) is 0. The van der Waals surface area contributed by atoms with Gasteiger partial charge in [0.1, 0.15) is 0 Å². The molecular weight excluding hydrogens is 454 g/mol. The summed E-state index contributed by atoms with van der Waals surface area (Å²) in [4.78, 5) is 26.3. The molecule has 0 bridgehead atoms. The molecule has 4 aromatic rings.